The van der Waals surface area contributed by atoms with Crippen molar-refractivity contribution in [3.05, 3.63) is 29.8 Å². The average Bonchev–Trinajstić information content (AvgIpc) is 2.44. The zero-order valence-corrected chi connectivity index (χ0v) is 12.0. The fourth-order valence-electron chi connectivity index (χ4n) is 2.73. The summed E-state index contributed by atoms with van der Waals surface area (Å²) < 4.78 is 11.3. The Morgan fingerprint density at radius 1 is 1.26 bits per heavy atom. The molecular formula is C16H25NO2. The molecule has 0 amide bonds. The van der Waals surface area contributed by atoms with Gasteiger partial charge in [-0.1, -0.05) is 25.0 Å². The quantitative estimate of drug-likeness (QED) is 0.801. The van der Waals surface area contributed by atoms with E-state index in [0.29, 0.717) is 18.8 Å². The molecule has 1 aromatic rings. The third-order valence-corrected chi connectivity index (χ3v) is 3.77. The first kappa shape index (κ1) is 14.4. The predicted molar refractivity (Wildman–Crippen MR) is 77.7 cm³/mol. The van der Waals surface area contributed by atoms with Gasteiger partial charge in [-0.05, 0) is 37.5 Å². The Labute approximate surface area is 116 Å². The van der Waals surface area contributed by atoms with E-state index in [4.69, 9.17) is 9.47 Å². The number of hydrogen-bond donors (Lipinski definition) is 1. The Kier molecular flexibility index (Phi) is 5.67. The van der Waals surface area contributed by atoms with Crippen molar-refractivity contribution in [1.82, 2.24) is 5.32 Å². The molecule has 1 aliphatic rings. The first-order valence-corrected chi connectivity index (χ1v) is 7.25. The summed E-state index contributed by atoms with van der Waals surface area (Å²) in [6.07, 6.45) is 5.34. The summed E-state index contributed by atoms with van der Waals surface area (Å²) >= 11 is 0. The number of hydrogen-bond acceptors (Lipinski definition) is 3. The highest BCUT2D eigenvalue weighted by atomic mass is 16.5. The Bertz CT molecular complexity index is 381. The second-order valence-electron chi connectivity index (χ2n) is 5.28. The molecular weight excluding hydrogens is 238 g/mol. The smallest absolute Gasteiger partial charge is 0.119 e. The molecule has 1 aliphatic carbocycles. The Balaban J connectivity index is 1.68. The summed E-state index contributed by atoms with van der Waals surface area (Å²) in [5.74, 6) is 0.953. The van der Waals surface area contributed by atoms with Crippen molar-refractivity contribution >= 4 is 0 Å². The Morgan fingerprint density at radius 3 is 2.89 bits per heavy atom. The van der Waals surface area contributed by atoms with Gasteiger partial charge in [-0.2, -0.15) is 0 Å². The largest absolute Gasteiger partial charge is 0.492 e. The molecule has 1 aromatic carbocycles. The highest BCUT2D eigenvalue weighted by molar-refractivity contribution is 5.27. The normalized spacial score (nSPS) is 23.3. The molecule has 2 rings (SSSR count). The lowest BCUT2D eigenvalue weighted by Crippen LogP contribution is -2.44. The number of methoxy groups -OCH3 is 1. The number of ether oxygens (including phenoxy) is 2. The van der Waals surface area contributed by atoms with Gasteiger partial charge in [0.25, 0.3) is 0 Å². The van der Waals surface area contributed by atoms with Crippen molar-refractivity contribution in [2.45, 2.75) is 44.8 Å². The molecule has 1 saturated carbocycles. The maximum atomic E-state index is 5.74. The summed E-state index contributed by atoms with van der Waals surface area (Å²) in [5.41, 5.74) is 1.23. The molecule has 2 unspecified atom stereocenters. The van der Waals surface area contributed by atoms with E-state index in [2.05, 4.69) is 24.4 Å². The SMILES string of the molecule is COC1CCCCC1NCCOc1cccc(C)c1. The van der Waals surface area contributed by atoms with E-state index >= 15 is 0 Å². The van der Waals surface area contributed by atoms with Crippen molar-refractivity contribution in [1.29, 1.82) is 0 Å². The number of rotatable bonds is 6. The fourth-order valence-corrected chi connectivity index (χ4v) is 2.73. The summed E-state index contributed by atoms with van der Waals surface area (Å²) in [6.45, 7) is 3.66. The van der Waals surface area contributed by atoms with Gasteiger partial charge in [-0.15, -0.1) is 0 Å². The van der Waals surface area contributed by atoms with Gasteiger partial charge in [0.05, 0.1) is 6.10 Å². The molecule has 0 aromatic heterocycles. The van der Waals surface area contributed by atoms with Crippen LogP contribution in [0.2, 0.25) is 0 Å². The molecule has 0 spiro atoms. The van der Waals surface area contributed by atoms with Crippen LogP contribution in [0.4, 0.5) is 0 Å². The third-order valence-electron chi connectivity index (χ3n) is 3.77. The van der Waals surface area contributed by atoms with Crippen LogP contribution in [0.15, 0.2) is 24.3 Å². The minimum absolute atomic E-state index is 0.368. The van der Waals surface area contributed by atoms with E-state index in [1.807, 2.05) is 19.2 Å². The predicted octanol–water partition coefficient (Wildman–Crippen LogP) is 2.92. The molecule has 1 N–H and O–H groups in total. The summed E-state index contributed by atoms with van der Waals surface area (Å²) in [4.78, 5) is 0. The van der Waals surface area contributed by atoms with Crippen molar-refractivity contribution < 1.29 is 9.47 Å². The van der Waals surface area contributed by atoms with E-state index < -0.39 is 0 Å². The number of aryl methyl sites for hydroxylation is 1. The molecule has 2 atom stereocenters. The third kappa shape index (κ3) is 4.51. The van der Waals surface area contributed by atoms with Gasteiger partial charge < -0.3 is 14.8 Å². The standard InChI is InChI=1S/C16H25NO2/c1-13-6-5-7-14(12-13)19-11-10-17-15-8-3-4-9-16(15)18-2/h5-7,12,15-17H,3-4,8-11H2,1-2H3. The highest BCUT2D eigenvalue weighted by Gasteiger charge is 2.23. The molecule has 0 bridgehead atoms. The van der Waals surface area contributed by atoms with Crippen LogP contribution in [0.1, 0.15) is 31.2 Å². The van der Waals surface area contributed by atoms with Crippen LogP contribution in [0.25, 0.3) is 0 Å². The van der Waals surface area contributed by atoms with Gasteiger partial charge in [0.1, 0.15) is 12.4 Å². The maximum absolute atomic E-state index is 5.74. The van der Waals surface area contributed by atoms with Crippen LogP contribution in [-0.4, -0.2) is 32.4 Å². The summed E-state index contributed by atoms with van der Waals surface area (Å²) in [6, 6.07) is 8.67. The lowest BCUT2D eigenvalue weighted by Gasteiger charge is -2.31. The van der Waals surface area contributed by atoms with Crippen molar-refractivity contribution in [2.75, 3.05) is 20.3 Å². The molecule has 3 nitrogen and oxygen atoms in total. The van der Waals surface area contributed by atoms with E-state index in [9.17, 15) is 0 Å². The van der Waals surface area contributed by atoms with Gasteiger partial charge in [0.2, 0.25) is 0 Å². The first-order valence-electron chi connectivity index (χ1n) is 7.25. The zero-order valence-electron chi connectivity index (χ0n) is 12.0. The second kappa shape index (κ2) is 7.51. The zero-order chi connectivity index (χ0) is 13.5. The summed E-state index contributed by atoms with van der Waals surface area (Å²) in [7, 11) is 1.81. The minimum Gasteiger partial charge on any atom is -0.492 e. The minimum atomic E-state index is 0.368. The Morgan fingerprint density at radius 2 is 2.11 bits per heavy atom. The van der Waals surface area contributed by atoms with Crippen LogP contribution >= 0.6 is 0 Å². The first-order chi connectivity index (χ1) is 9.29. The van der Waals surface area contributed by atoms with Crippen molar-refractivity contribution in [3.63, 3.8) is 0 Å². The van der Waals surface area contributed by atoms with Gasteiger partial charge in [-0.3, -0.25) is 0 Å². The lowest BCUT2D eigenvalue weighted by molar-refractivity contribution is 0.0408. The van der Waals surface area contributed by atoms with Crippen LogP contribution in [-0.2, 0) is 4.74 Å². The van der Waals surface area contributed by atoms with Crippen LogP contribution in [0, 0.1) is 6.92 Å². The topological polar surface area (TPSA) is 30.5 Å². The van der Waals surface area contributed by atoms with Crippen LogP contribution < -0.4 is 10.1 Å². The van der Waals surface area contributed by atoms with E-state index in [-0.39, 0.29) is 0 Å². The van der Waals surface area contributed by atoms with Gasteiger partial charge in [0.15, 0.2) is 0 Å². The lowest BCUT2D eigenvalue weighted by atomic mass is 9.92. The molecule has 0 radical (unpaired) electrons. The van der Waals surface area contributed by atoms with E-state index in [0.717, 1.165) is 12.3 Å². The molecule has 19 heavy (non-hydrogen) atoms. The molecule has 106 valence electrons. The average molecular weight is 263 g/mol. The molecule has 3 heteroatoms. The summed E-state index contributed by atoms with van der Waals surface area (Å²) in [5, 5.41) is 3.56. The van der Waals surface area contributed by atoms with E-state index in [1.54, 1.807) is 0 Å². The number of benzene rings is 1. The van der Waals surface area contributed by atoms with Crippen molar-refractivity contribution in [3.8, 4) is 5.75 Å². The Hall–Kier alpha value is -1.06. The molecule has 0 heterocycles. The molecule has 0 aliphatic heterocycles. The molecule has 1 fully saturated rings. The maximum Gasteiger partial charge on any atom is 0.119 e. The number of nitrogens with one attached hydrogen (secondary N) is 1. The highest BCUT2D eigenvalue weighted by Crippen LogP contribution is 2.20. The van der Waals surface area contributed by atoms with Crippen molar-refractivity contribution in [2.24, 2.45) is 0 Å². The van der Waals surface area contributed by atoms with Crippen LogP contribution in [0.3, 0.4) is 0 Å². The van der Waals surface area contributed by atoms with Crippen LogP contribution in [0.5, 0.6) is 5.75 Å². The second-order valence-corrected chi connectivity index (χ2v) is 5.28. The van der Waals surface area contributed by atoms with E-state index in [1.165, 1.54) is 31.2 Å². The fraction of sp³-hybridized carbons (Fsp3) is 0.625. The monoisotopic (exact) mass is 263 g/mol. The van der Waals surface area contributed by atoms with Gasteiger partial charge in [0, 0.05) is 19.7 Å². The van der Waals surface area contributed by atoms with Gasteiger partial charge >= 0.3 is 0 Å². The molecule has 0 saturated heterocycles. The van der Waals surface area contributed by atoms with Gasteiger partial charge in [-0.25, -0.2) is 0 Å².